The quantitative estimate of drug-likeness (QED) is 0.553. The molecule has 0 fully saturated rings. The number of aliphatic hydroxyl groups excluding tert-OH is 1. The number of hydrogen-bond acceptors (Lipinski definition) is 3. The molecule has 0 aromatic heterocycles. The average molecular weight is 237 g/mol. The molecule has 4 nitrogen and oxygen atoms in total. The molecule has 1 atom stereocenters. The van der Waals surface area contributed by atoms with Gasteiger partial charge < -0.3 is 10.2 Å². The van der Waals surface area contributed by atoms with E-state index < -0.39 is 17.0 Å². The standard InChI is InChI=1S/C9H19NO3.2Na.2H/c1-5-9(4,7(12)13)10-8(2,3)6-11;;;;/h10-11H,5-6H2,1-4H3,(H,12,13);;;;. The Hall–Kier alpha value is 1.39. The van der Waals surface area contributed by atoms with Gasteiger partial charge in [0.2, 0.25) is 0 Å². The molecule has 0 saturated carbocycles. The van der Waals surface area contributed by atoms with Crippen molar-refractivity contribution in [2.75, 3.05) is 6.61 Å². The summed E-state index contributed by atoms with van der Waals surface area (Å²) in [6.07, 6.45) is 0.478. The van der Waals surface area contributed by atoms with Crippen molar-refractivity contribution in [1.29, 1.82) is 0 Å². The van der Waals surface area contributed by atoms with Crippen LogP contribution in [0.3, 0.4) is 0 Å². The molecule has 0 aliphatic rings. The van der Waals surface area contributed by atoms with Gasteiger partial charge in [0.25, 0.3) is 0 Å². The van der Waals surface area contributed by atoms with Gasteiger partial charge in [0, 0.05) is 5.54 Å². The average Bonchev–Trinajstić information content (AvgIpc) is 2.03. The van der Waals surface area contributed by atoms with Crippen LogP contribution in [0.1, 0.15) is 34.1 Å². The third kappa shape index (κ3) is 7.34. The van der Waals surface area contributed by atoms with Crippen LogP contribution in [0.15, 0.2) is 0 Å². The topological polar surface area (TPSA) is 69.6 Å². The molecule has 3 N–H and O–H groups in total. The summed E-state index contributed by atoms with van der Waals surface area (Å²) < 4.78 is 0. The van der Waals surface area contributed by atoms with Crippen LogP contribution in [-0.4, -0.2) is 93.0 Å². The van der Waals surface area contributed by atoms with Gasteiger partial charge in [-0.05, 0) is 27.2 Å². The summed E-state index contributed by atoms with van der Waals surface area (Å²) in [4.78, 5) is 10.9. The van der Waals surface area contributed by atoms with Crippen LogP contribution >= 0.6 is 0 Å². The minimum absolute atomic E-state index is 0. The van der Waals surface area contributed by atoms with Gasteiger partial charge in [-0.15, -0.1) is 0 Å². The minimum atomic E-state index is -0.966. The van der Waals surface area contributed by atoms with Crippen molar-refractivity contribution in [3.05, 3.63) is 0 Å². The predicted octanol–water partition coefficient (Wildman–Crippen LogP) is -0.697. The number of aliphatic carboxylic acids is 1. The molecule has 0 bridgehead atoms. The number of carbonyl (C=O) groups is 1. The number of carboxylic acid groups (broad SMARTS) is 1. The van der Waals surface area contributed by atoms with Crippen LogP contribution in [0.4, 0.5) is 0 Å². The summed E-state index contributed by atoms with van der Waals surface area (Å²) in [5, 5.41) is 20.8. The zero-order valence-corrected chi connectivity index (χ0v) is 8.72. The first-order chi connectivity index (χ1) is 5.77. The second-order valence-electron chi connectivity index (χ2n) is 4.16. The Kier molecular flexibility index (Phi) is 12.2. The summed E-state index contributed by atoms with van der Waals surface area (Å²) in [5.41, 5.74) is -1.53. The predicted molar refractivity (Wildman–Crippen MR) is 64.9 cm³/mol. The van der Waals surface area contributed by atoms with E-state index in [2.05, 4.69) is 5.32 Å². The summed E-state index contributed by atoms with van der Waals surface area (Å²) in [7, 11) is 0. The first-order valence-corrected chi connectivity index (χ1v) is 4.41. The van der Waals surface area contributed by atoms with E-state index in [9.17, 15) is 4.79 Å². The van der Waals surface area contributed by atoms with Gasteiger partial charge in [0.05, 0.1) is 6.61 Å². The fraction of sp³-hybridized carbons (Fsp3) is 0.889. The molecular formula is C9H21NNa2O3. The van der Waals surface area contributed by atoms with E-state index in [1.807, 2.05) is 0 Å². The number of carboxylic acids is 1. The monoisotopic (exact) mass is 237 g/mol. The Morgan fingerprint density at radius 1 is 1.27 bits per heavy atom. The molecule has 0 aromatic carbocycles. The van der Waals surface area contributed by atoms with Crippen LogP contribution in [0.2, 0.25) is 0 Å². The molecule has 0 heterocycles. The Morgan fingerprint density at radius 2 is 1.67 bits per heavy atom. The van der Waals surface area contributed by atoms with Crippen LogP contribution in [0, 0.1) is 0 Å². The SMILES string of the molecule is CCC(C)(NC(C)(C)CO)C(=O)O.[NaH].[NaH]. The van der Waals surface area contributed by atoms with Crippen LogP contribution < -0.4 is 5.32 Å². The van der Waals surface area contributed by atoms with Crippen molar-refractivity contribution in [1.82, 2.24) is 5.32 Å². The molecule has 6 heteroatoms. The number of aliphatic hydroxyl groups is 1. The van der Waals surface area contributed by atoms with Crippen LogP contribution in [0.5, 0.6) is 0 Å². The third-order valence-electron chi connectivity index (χ3n) is 2.19. The van der Waals surface area contributed by atoms with Crippen LogP contribution in [-0.2, 0) is 4.79 Å². The van der Waals surface area contributed by atoms with Gasteiger partial charge in [0.15, 0.2) is 0 Å². The maximum atomic E-state index is 10.9. The first-order valence-electron chi connectivity index (χ1n) is 4.41. The van der Waals surface area contributed by atoms with Crippen molar-refractivity contribution in [3.8, 4) is 0 Å². The summed E-state index contributed by atoms with van der Waals surface area (Å²) in [5.74, 6) is -0.892. The van der Waals surface area contributed by atoms with Gasteiger partial charge in [-0.25, -0.2) is 0 Å². The summed E-state index contributed by atoms with van der Waals surface area (Å²) in [6.45, 7) is 6.87. The normalized spacial score (nSPS) is 14.5. The zero-order chi connectivity index (χ0) is 10.7. The fourth-order valence-electron chi connectivity index (χ4n) is 1.08. The van der Waals surface area contributed by atoms with E-state index in [0.29, 0.717) is 6.42 Å². The van der Waals surface area contributed by atoms with Gasteiger partial charge in [-0.3, -0.25) is 10.1 Å². The van der Waals surface area contributed by atoms with E-state index in [0.717, 1.165) is 0 Å². The molecule has 0 amide bonds. The number of nitrogens with one attached hydrogen (secondary N) is 1. The molecule has 0 spiro atoms. The van der Waals surface area contributed by atoms with E-state index in [1.54, 1.807) is 27.7 Å². The molecule has 0 aromatic rings. The van der Waals surface area contributed by atoms with Crippen molar-refractivity contribution < 1.29 is 15.0 Å². The van der Waals surface area contributed by atoms with Crippen molar-refractivity contribution in [3.63, 3.8) is 0 Å². The molecule has 15 heavy (non-hydrogen) atoms. The van der Waals surface area contributed by atoms with Crippen LogP contribution in [0.25, 0.3) is 0 Å². The number of rotatable bonds is 5. The molecule has 0 rings (SSSR count). The van der Waals surface area contributed by atoms with E-state index in [-0.39, 0.29) is 65.7 Å². The second kappa shape index (κ2) is 8.48. The van der Waals surface area contributed by atoms with Crippen molar-refractivity contribution >= 4 is 65.1 Å². The Labute approximate surface area is 136 Å². The van der Waals surface area contributed by atoms with E-state index in [4.69, 9.17) is 10.2 Å². The number of hydrogen-bond donors (Lipinski definition) is 3. The molecule has 0 aliphatic heterocycles. The van der Waals surface area contributed by atoms with Gasteiger partial charge in [-0.2, -0.15) is 0 Å². The van der Waals surface area contributed by atoms with Gasteiger partial charge >= 0.3 is 65.1 Å². The molecule has 0 radical (unpaired) electrons. The molecule has 1 unspecified atom stereocenters. The van der Waals surface area contributed by atoms with E-state index >= 15 is 0 Å². The Balaban J connectivity index is -0.000000720. The molecule has 0 saturated heterocycles. The second-order valence-corrected chi connectivity index (χ2v) is 4.16. The zero-order valence-electron chi connectivity index (χ0n) is 8.72. The van der Waals surface area contributed by atoms with Crippen molar-refractivity contribution in [2.24, 2.45) is 0 Å². The molecular weight excluding hydrogens is 216 g/mol. The van der Waals surface area contributed by atoms with Gasteiger partial charge in [-0.1, -0.05) is 6.92 Å². The summed E-state index contributed by atoms with van der Waals surface area (Å²) >= 11 is 0. The third-order valence-corrected chi connectivity index (χ3v) is 2.19. The maximum absolute atomic E-state index is 10.9. The van der Waals surface area contributed by atoms with Gasteiger partial charge in [0.1, 0.15) is 5.54 Å². The molecule has 0 aliphatic carbocycles. The summed E-state index contributed by atoms with van der Waals surface area (Å²) in [6, 6.07) is 0. The molecule has 82 valence electrons. The van der Waals surface area contributed by atoms with E-state index in [1.165, 1.54) is 0 Å². The fourth-order valence-corrected chi connectivity index (χ4v) is 1.08. The van der Waals surface area contributed by atoms with Crippen molar-refractivity contribution in [2.45, 2.75) is 45.2 Å². The Morgan fingerprint density at radius 3 is 1.87 bits per heavy atom. The Bertz CT molecular complexity index is 200. The first kappa shape index (κ1) is 21.7.